The highest BCUT2D eigenvalue weighted by atomic mass is 32.1. The Bertz CT molecular complexity index is 487. The topological polar surface area (TPSA) is 67.3 Å². The maximum absolute atomic E-state index is 8.78. The summed E-state index contributed by atoms with van der Waals surface area (Å²) in [5, 5.41) is 14.8. The van der Waals surface area contributed by atoms with Crippen molar-refractivity contribution in [2.75, 3.05) is 25.1 Å². The van der Waals surface area contributed by atoms with Crippen LogP contribution in [0.15, 0.2) is 11.4 Å². The summed E-state index contributed by atoms with van der Waals surface area (Å²) in [7, 11) is 0. The molecule has 2 aromatic rings. The average molecular weight is 253 g/mol. The molecule has 0 spiro atoms. The van der Waals surface area contributed by atoms with E-state index in [4.69, 9.17) is 9.84 Å². The van der Waals surface area contributed by atoms with E-state index >= 15 is 0 Å². The number of nitrogens with one attached hydrogen (secondary N) is 1. The molecule has 0 fully saturated rings. The van der Waals surface area contributed by atoms with Crippen LogP contribution < -0.4 is 10.1 Å². The lowest BCUT2D eigenvalue weighted by molar-refractivity contribution is 0.198. The Morgan fingerprint density at radius 3 is 3.12 bits per heavy atom. The summed E-state index contributed by atoms with van der Waals surface area (Å²) in [5.74, 6) is 1.11. The van der Waals surface area contributed by atoms with Gasteiger partial charge in [-0.2, -0.15) is 4.98 Å². The minimum atomic E-state index is -0.0205. The van der Waals surface area contributed by atoms with Gasteiger partial charge in [-0.1, -0.05) is 6.92 Å². The summed E-state index contributed by atoms with van der Waals surface area (Å²) in [6.07, 6.45) is 1.01. The SMILES string of the molecule is CCCNc1nc(OCCO)c2ccsc2n1. The number of hydrogen-bond donors (Lipinski definition) is 2. The van der Waals surface area contributed by atoms with E-state index in [1.165, 1.54) is 0 Å². The van der Waals surface area contributed by atoms with Gasteiger partial charge in [-0.25, -0.2) is 4.98 Å². The van der Waals surface area contributed by atoms with Gasteiger partial charge in [0, 0.05) is 6.54 Å². The summed E-state index contributed by atoms with van der Waals surface area (Å²) in [6, 6.07) is 1.93. The molecule has 0 aliphatic rings. The van der Waals surface area contributed by atoms with Crippen LogP contribution in [0.25, 0.3) is 10.2 Å². The quantitative estimate of drug-likeness (QED) is 0.822. The van der Waals surface area contributed by atoms with Crippen molar-refractivity contribution in [3.8, 4) is 5.88 Å². The first-order valence-corrected chi connectivity index (χ1v) is 6.46. The van der Waals surface area contributed by atoms with Crippen molar-refractivity contribution in [1.29, 1.82) is 0 Å². The molecule has 0 saturated heterocycles. The van der Waals surface area contributed by atoms with Gasteiger partial charge in [0.1, 0.15) is 11.4 Å². The van der Waals surface area contributed by atoms with Crippen molar-refractivity contribution in [1.82, 2.24) is 9.97 Å². The lowest BCUT2D eigenvalue weighted by atomic mass is 10.4. The highest BCUT2D eigenvalue weighted by Crippen LogP contribution is 2.27. The van der Waals surface area contributed by atoms with Crippen LogP contribution in [0.5, 0.6) is 5.88 Å². The van der Waals surface area contributed by atoms with Gasteiger partial charge in [-0.15, -0.1) is 11.3 Å². The molecule has 0 bridgehead atoms. The smallest absolute Gasteiger partial charge is 0.227 e. The summed E-state index contributed by atoms with van der Waals surface area (Å²) in [5.41, 5.74) is 0. The monoisotopic (exact) mass is 253 g/mol. The van der Waals surface area contributed by atoms with Gasteiger partial charge in [-0.3, -0.25) is 0 Å². The molecule has 2 rings (SSSR count). The van der Waals surface area contributed by atoms with Crippen LogP contribution in [-0.4, -0.2) is 34.8 Å². The minimum Gasteiger partial charge on any atom is -0.475 e. The molecule has 5 nitrogen and oxygen atoms in total. The first kappa shape index (κ1) is 12.1. The van der Waals surface area contributed by atoms with Gasteiger partial charge in [0.05, 0.1) is 12.0 Å². The molecule has 0 amide bonds. The molecule has 2 N–H and O–H groups in total. The van der Waals surface area contributed by atoms with Gasteiger partial charge in [0.15, 0.2) is 0 Å². The molecule has 0 aliphatic heterocycles. The van der Waals surface area contributed by atoms with Crippen LogP contribution in [0.1, 0.15) is 13.3 Å². The number of rotatable bonds is 6. The van der Waals surface area contributed by atoms with Crippen LogP contribution >= 0.6 is 11.3 Å². The Morgan fingerprint density at radius 2 is 2.35 bits per heavy atom. The lowest BCUT2D eigenvalue weighted by Gasteiger charge is -2.07. The van der Waals surface area contributed by atoms with Crippen LogP contribution in [0, 0.1) is 0 Å². The summed E-state index contributed by atoms with van der Waals surface area (Å²) in [6.45, 7) is 3.14. The Hall–Kier alpha value is -1.40. The molecule has 92 valence electrons. The normalized spacial score (nSPS) is 10.7. The molecule has 2 heterocycles. The third-order valence-electron chi connectivity index (χ3n) is 2.15. The van der Waals surface area contributed by atoms with E-state index in [9.17, 15) is 0 Å². The molecule has 0 aliphatic carbocycles. The van der Waals surface area contributed by atoms with Gasteiger partial charge < -0.3 is 15.2 Å². The third-order valence-corrected chi connectivity index (χ3v) is 2.96. The maximum atomic E-state index is 8.78. The van der Waals surface area contributed by atoms with Gasteiger partial charge >= 0.3 is 0 Å². The molecular formula is C11H15N3O2S. The van der Waals surface area contributed by atoms with Crippen molar-refractivity contribution in [3.63, 3.8) is 0 Å². The van der Waals surface area contributed by atoms with Crippen molar-refractivity contribution in [3.05, 3.63) is 11.4 Å². The second kappa shape index (κ2) is 5.79. The number of hydrogen-bond acceptors (Lipinski definition) is 6. The van der Waals surface area contributed by atoms with Crippen molar-refractivity contribution in [2.24, 2.45) is 0 Å². The summed E-state index contributed by atoms with van der Waals surface area (Å²) in [4.78, 5) is 9.59. The van der Waals surface area contributed by atoms with Crippen LogP contribution in [0.3, 0.4) is 0 Å². The molecule has 0 unspecified atom stereocenters. The second-order valence-electron chi connectivity index (χ2n) is 3.49. The number of ether oxygens (including phenoxy) is 1. The van der Waals surface area contributed by atoms with E-state index in [0.29, 0.717) is 11.8 Å². The average Bonchev–Trinajstić information content (AvgIpc) is 2.81. The number of thiophene rings is 1. The molecule has 2 aromatic heterocycles. The molecule has 0 radical (unpaired) electrons. The van der Waals surface area contributed by atoms with E-state index in [2.05, 4.69) is 22.2 Å². The molecular weight excluding hydrogens is 238 g/mol. The Kier molecular flexibility index (Phi) is 4.11. The van der Waals surface area contributed by atoms with E-state index < -0.39 is 0 Å². The maximum Gasteiger partial charge on any atom is 0.227 e. The zero-order valence-electron chi connectivity index (χ0n) is 9.64. The molecule has 6 heteroatoms. The van der Waals surface area contributed by atoms with Crippen molar-refractivity contribution < 1.29 is 9.84 Å². The largest absolute Gasteiger partial charge is 0.475 e. The minimum absolute atomic E-state index is 0.0205. The Balaban J connectivity index is 2.29. The van der Waals surface area contributed by atoms with Gasteiger partial charge in [0.25, 0.3) is 0 Å². The number of anilines is 1. The number of nitrogens with zero attached hydrogens (tertiary/aromatic N) is 2. The zero-order chi connectivity index (χ0) is 12.1. The predicted molar refractivity (Wildman–Crippen MR) is 68.8 cm³/mol. The fourth-order valence-electron chi connectivity index (χ4n) is 1.40. The second-order valence-corrected chi connectivity index (χ2v) is 4.39. The van der Waals surface area contributed by atoms with Crippen molar-refractivity contribution in [2.45, 2.75) is 13.3 Å². The van der Waals surface area contributed by atoms with Crippen LogP contribution in [-0.2, 0) is 0 Å². The number of fused-ring (bicyclic) bond motifs is 1. The van der Waals surface area contributed by atoms with E-state index in [1.54, 1.807) is 11.3 Å². The van der Waals surface area contributed by atoms with Crippen molar-refractivity contribution >= 4 is 27.5 Å². The third kappa shape index (κ3) is 2.83. The number of aliphatic hydroxyl groups is 1. The van der Waals surface area contributed by atoms with Crippen LogP contribution in [0.2, 0.25) is 0 Å². The first-order valence-electron chi connectivity index (χ1n) is 5.58. The lowest BCUT2D eigenvalue weighted by Crippen LogP contribution is -2.08. The molecule has 17 heavy (non-hydrogen) atoms. The van der Waals surface area contributed by atoms with E-state index in [0.717, 1.165) is 23.2 Å². The predicted octanol–water partition coefficient (Wildman–Crippen LogP) is 1.88. The summed E-state index contributed by atoms with van der Waals surface area (Å²) >= 11 is 1.55. The fourth-order valence-corrected chi connectivity index (χ4v) is 2.15. The molecule has 0 saturated carbocycles. The highest BCUT2D eigenvalue weighted by Gasteiger charge is 2.09. The Morgan fingerprint density at radius 1 is 1.47 bits per heavy atom. The number of aromatic nitrogens is 2. The Labute approximate surface area is 103 Å². The molecule has 0 atom stereocenters. The van der Waals surface area contributed by atoms with Gasteiger partial charge in [0.2, 0.25) is 11.8 Å². The standard InChI is InChI=1S/C11H15N3O2S/c1-2-4-12-11-13-9(16-6-5-15)8-3-7-17-10(8)14-11/h3,7,15H,2,4-6H2,1H3,(H,12,13,14). The van der Waals surface area contributed by atoms with Crippen LogP contribution in [0.4, 0.5) is 5.95 Å². The van der Waals surface area contributed by atoms with E-state index in [-0.39, 0.29) is 13.2 Å². The summed E-state index contributed by atoms with van der Waals surface area (Å²) < 4.78 is 5.41. The highest BCUT2D eigenvalue weighted by molar-refractivity contribution is 7.16. The first-order chi connectivity index (χ1) is 8.35. The molecule has 0 aromatic carbocycles. The number of aliphatic hydroxyl groups excluding tert-OH is 1. The zero-order valence-corrected chi connectivity index (χ0v) is 10.5. The van der Waals surface area contributed by atoms with E-state index in [1.807, 2.05) is 11.4 Å². The van der Waals surface area contributed by atoms with Gasteiger partial charge in [-0.05, 0) is 17.9 Å². The fraction of sp³-hybridized carbons (Fsp3) is 0.455.